The van der Waals surface area contributed by atoms with E-state index in [1.807, 2.05) is 59.5 Å². The second-order valence-corrected chi connectivity index (χ2v) is 8.78. The third-order valence-corrected chi connectivity index (χ3v) is 6.00. The van der Waals surface area contributed by atoms with Crippen molar-refractivity contribution in [2.24, 2.45) is 5.92 Å². The van der Waals surface area contributed by atoms with Crippen molar-refractivity contribution in [3.63, 3.8) is 0 Å². The van der Waals surface area contributed by atoms with Crippen LogP contribution in [0.15, 0.2) is 54.6 Å². The molecule has 2 unspecified atom stereocenters. The van der Waals surface area contributed by atoms with E-state index >= 15 is 0 Å². The van der Waals surface area contributed by atoms with Crippen molar-refractivity contribution in [2.75, 3.05) is 38.0 Å². The Morgan fingerprint density at radius 2 is 1.58 bits per heavy atom. The summed E-state index contributed by atoms with van der Waals surface area (Å²) in [6.45, 7) is 9.04. The zero-order chi connectivity index (χ0) is 21.6. The summed E-state index contributed by atoms with van der Waals surface area (Å²) in [6, 6.07) is 17.1. The normalized spacial score (nSPS) is 22.8. The zero-order valence-corrected chi connectivity index (χ0v) is 18.5. The first-order valence-corrected chi connectivity index (χ1v) is 11.3. The molecule has 4 rings (SSSR count). The van der Waals surface area contributed by atoms with Crippen molar-refractivity contribution in [3.05, 3.63) is 54.6 Å². The Kier molecular flexibility index (Phi) is 7.10. The number of hydrogen-bond donors (Lipinski definition) is 1. The number of para-hydroxylation sites is 1. The summed E-state index contributed by atoms with van der Waals surface area (Å²) in [6.07, 6.45) is 2.72. The highest BCUT2D eigenvalue weighted by molar-refractivity contribution is 5.89. The summed E-state index contributed by atoms with van der Waals surface area (Å²) in [5.41, 5.74) is 0.781. The van der Waals surface area contributed by atoms with Crippen LogP contribution in [0.2, 0.25) is 0 Å². The predicted molar refractivity (Wildman–Crippen MR) is 123 cm³/mol. The fourth-order valence-corrected chi connectivity index (χ4v) is 4.55. The third kappa shape index (κ3) is 6.21. The lowest BCUT2D eigenvalue weighted by Crippen LogP contribution is -2.49. The number of rotatable bonds is 5. The molecule has 0 saturated carbocycles. The number of likely N-dealkylation sites (tertiary alicyclic amines) is 1. The average Bonchev–Trinajstić information content (AvgIpc) is 2.76. The first-order chi connectivity index (χ1) is 15.0. The first-order valence-electron chi connectivity index (χ1n) is 11.3. The van der Waals surface area contributed by atoms with Crippen LogP contribution in [0.25, 0.3) is 0 Å². The zero-order valence-electron chi connectivity index (χ0n) is 18.5. The second kappa shape index (κ2) is 10.2. The van der Waals surface area contributed by atoms with Crippen molar-refractivity contribution < 1.29 is 14.3 Å². The Balaban J connectivity index is 1.22. The van der Waals surface area contributed by atoms with Gasteiger partial charge in [-0.3, -0.25) is 4.90 Å². The van der Waals surface area contributed by atoms with Crippen molar-refractivity contribution in [1.82, 2.24) is 9.80 Å². The summed E-state index contributed by atoms with van der Waals surface area (Å²) in [5, 5.41) is 3.02. The number of urea groups is 1. The average molecular weight is 424 g/mol. The van der Waals surface area contributed by atoms with Gasteiger partial charge in [-0.15, -0.1) is 0 Å². The lowest BCUT2D eigenvalue weighted by atomic mass is 9.96. The first kappa shape index (κ1) is 21.7. The van der Waals surface area contributed by atoms with Gasteiger partial charge in [0.05, 0.1) is 12.2 Å². The number of carbonyl (C=O) groups is 1. The van der Waals surface area contributed by atoms with Crippen LogP contribution in [0.5, 0.6) is 11.5 Å². The number of amides is 2. The van der Waals surface area contributed by atoms with E-state index in [1.54, 1.807) is 0 Å². The Labute approximate surface area is 185 Å². The predicted octanol–water partition coefficient (Wildman–Crippen LogP) is 4.83. The fourth-order valence-electron chi connectivity index (χ4n) is 4.55. The lowest BCUT2D eigenvalue weighted by Gasteiger charge is -2.39. The summed E-state index contributed by atoms with van der Waals surface area (Å²) < 4.78 is 11.6. The quantitative estimate of drug-likeness (QED) is 0.748. The summed E-state index contributed by atoms with van der Waals surface area (Å²) in [5.74, 6) is 2.19. The lowest BCUT2D eigenvalue weighted by molar-refractivity contribution is -0.0728. The van der Waals surface area contributed by atoms with E-state index in [4.69, 9.17) is 9.47 Å². The van der Waals surface area contributed by atoms with E-state index in [2.05, 4.69) is 24.1 Å². The van der Waals surface area contributed by atoms with Gasteiger partial charge < -0.3 is 19.7 Å². The van der Waals surface area contributed by atoms with Gasteiger partial charge in [-0.25, -0.2) is 4.79 Å². The summed E-state index contributed by atoms with van der Waals surface area (Å²) >= 11 is 0. The van der Waals surface area contributed by atoms with Crippen LogP contribution in [0.3, 0.4) is 0 Å². The van der Waals surface area contributed by atoms with Crippen molar-refractivity contribution in [1.29, 1.82) is 0 Å². The molecule has 2 heterocycles. The van der Waals surface area contributed by atoms with Crippen LogP contribution >= 0.6 is 0 Å². The van der Waals surface area contributed by atoms with Gasteiger partial charge in [0.2, 0.25) is 0 Å². The number of benzene rings is 2. The Morgan fingerprint density at radius 1 is 0.968 bits per heavy atom. The minimum Gasteiger partial charge on any atom is -0.457 e. The largest absolute Gasteiger partial charge is 0.457 e. The molecular formula is C25H33N3O3. The molecule has 166 valence electrons. The van der Waals surface area contributed by atoms with E-state index in [0.717, 1.165) is 62.8 Å². The molecule has 2 aromatic carbocycles. The number of piperidine rings is 1. The topological polar surface area (TPSA) is 54.0 Å². The van der Waals surface area contributed by atoms with Crippen LogP contribution in [0.4, 0.5) is 10.5 Å². The molecule has 2 fully saturated rings. The molecule has 0 bridgehead atoms. The summed E-state index contributed by atoms with van der Waals surface area (Å²) in [4.78, 5) is 17.1. The molecule has 2 atom stereocenters. The van der Waals surface area contributed by atoms with Crippen LogP contribution < -0.4 is 10.1 Å². The Morgan fingerprint density at radius 3 is 2.23 bits per heavy atom. The number of hydrogen-bond acceptors (Lipinski definition) is 4. The molecule has 31 heavy (non-hydrogen) atoms. The van der Waals surface area contributed by atoms with Gasteiger partial charge in [0.25, 0.3) is 0 Å². The van der Waals surface area contributed by atoms with Gasteiger partial charge in [-0.1, -0.05) is 18.2 Å². The maximum absolute atomic E-state index is 12.7. The van der Waals surface area contributed by atoms with Crippen LogP contribution in [0.1, 0.15) is 26.7 Å². The van der Waals surface area contributed by atoms with Crippen LogP contribution in [-0.2, 0) is 4.74 Å². The molecule has 0 spiro atoms. The molecule has 0 aliphatic carbocycles. The summed E-state index contributed by atoms with van der Waals surface area (Å²) in [7, 11) is 0. The van der Waals surface area contributed by atoms with Crippen LogP contribution in [-0.4, -0.2) is 60.8 Å². The second-order valence-electron chi connectivity index (χ2n) is 8.78. The van der Waals surface area contributed by atoms with Gasteiger partial charge >= 0.3 is 6.03 Å². The van der Waals surface area contributed by atoms with Crippen LogP contribution in [0, 0.1) is 5.92 Å². The molecule has 1 N–H and O–H groups in total. The fraction of sp³-hybridized carbons (Fsp3) is 0.480. The smallest absolute Gasteiger partial charge is 0.321 e. The molecule has 6 heteroatoms. The molecule has 2 aliphatic rings. The highest BCUT2D eigenvalue weighted by Crippen LogP contribution is 2.24. The maximum Gasteiger partial charge on any atom is 0.321 e. The van der Waals surface area contributed by atoms with Gasteiger partial charge in [0.15, 0.2) is 0 Å². The van der Waals surface area contributed by atoms with E-state index < -0.39 is 0 Å². The number of anilines is 1. The van der Waals surface area contributed by atoms with Crippen molar-refractivity contribution in [3.8, 4) is 11.5 Å². The van der Waals surface area contributed by atoms with Gasteiger partial charge in [-0.05, 0) is 69.0 Å². The highest BCUT2D eigenvalue weighted by atomic mass is 16.5. The molecule has 2 saturated heterocycles. The maximum atomic E-state index is 12.7. The molecule has 0 aromatic heterocycles. The minimum absolute atomic E-state index is 0.0243. The number of carbonyl (C=O) groups excluding carboxylic acids is 1. The van der Waals surface area contributed by atoms with Crippen molar-refractivity contribution in [2.45, 2.75) is 38.9 Å². The number of morpholine rings is 1. The minimum atomic E-state index is -0.0243. The Hall–Kier alpha value is -2.57. The monoisotopic (exact) mass is 423 g/mol. The van der Waals surface area contributed by atoms with E-state index in [9.17, 15) is 4.79 Å². The molecule has 6 nitrogen and oxygen atoms in total. The number of ether oxygens (including phenoxy) is 2. The Bertz CT molecular complexity index is 825. The van der Waals surface area contributed by atoms with Crippen molar-refractivity contribution >= 4 is 11.7 Å². The molecule has 2 aliphatic heterocycles. The molecule has 2 amide bonds. The van der Waals surface area contributed by atoms with Gasteiger partial charge in [0.1, 0.15) is 11.5 Å². The SMILES string of the molecule is CC1CN(CC2CCN(C(=O)Nc3ccc(Oc4ccccc4)cc3)CC2)CC(C)O1. The molecule has 0 radical (unpaired) electrons. The standard InChI is InChI=1S/C25H33N3O3/c1-19-16-27(17-20(2)30-19)18-21-12-14-28(15-13-21)25(29)26-22-8-10-24(11-9-22)31-23-6-4-3-5-7-23/h3-11,19-21H,12-18H2,1-2H3,(H,26,29). The van der Waals surface area contributed by atoms with Gasteiger partial charge in [0, 0.05) is 38.4 Å². The molecule has 2 aromatic rings. The highest BCUT2D eigenvalue weighted by Gasteiger charge is 2.28. The number of nitrogens with one attached hydrogen (secondary N) is 1. The van der Waals surface area contributed by atoms with E-state index in [1.165, 1.54) is 0 Å². The van der Waals surface area contributed by atoms with Gasteiger partial charge in [-0.2, -0.15) is 0 Å². The van der Waals surface area contributed by atoms with E-state index in [0.29, 0.717) is 18.1 Å². The third-order valence-electron chi connectivity index (χ3n) is 6.00. The molecular weight excluding hydrogens is 390 g/mol. The van der Waals surface area contributed by atoms with E-state index in [-0.39, 0.29) is 6.03 Å². The number of nitrogens with zero attached hydrogens (tertiary/aromatic N) is 2.